The van der Waals surface area contributed by atoms with Crippen molar-refractivity contribution in [2.45, 2.75) is 374 Å². The van der Waals surface area contributed by atoms with E-state index in [1.165, 1.54) is 238 Å². The maximum Gasteiger partial charge on any atom is 0.306 e. The Kier molecular flexibility index (Phi) is 65.1. The predicted octanol–water partition coefficient (Wildman–Crippen LogP) is 23.9. The van der Waals surface area contributed by atoms with Crippen LogP contribution < -0.4 is 0 Å². The fourth-order valence-electron chi connectivity index (χ4n) is 10.3. The van der Waals surface area contributed by atoms with Gasteiger partial charge in [-0.15, -0.1) is 0 Å². The lowest BCUT2D eigenvalue weighted by molar-refractivity contribution is -0.167. The second-order valence-corrected chi connectivity index (χ2v) is 23.4. The topological polar surface area (TPSA) is 78.9 Å². The highest BCUT2D eigenvalue weighted by Crippen LogP contribution is 2.18. The Hall–Kier alpha value is -2.89. The fraction of sp³-hybridized carbons (Fsp3) is 0.822. The van der Waals surface area contributed by atoms with Crippen molar-refractivity contribution in [3.63, 3.8) is 0 Å². The van der Waals surface area contributed by atoms with Crippen molar-refractivity contribution in [2.24, 2.45) is 0 Å². The van der Waals surface area contributed by atoms with E-state index < -0.39 is 6.10 Å². The van der Waals surface area contributed by atoms with Crippen molar-refractivity contribution in [1.29, 1.82) is 0 Å². The summed E-state index contributed by atoms with van der Waals surface area (Å²) in [6, 6.07) is 0. The van der Waals surface area contributed by atoms with E-state index in [4.69, 9.17) is 14.2 Å². The lowest BCUT2D eigenvalue weighted by Crippen LogP contribution is -2.30. The molecule has 0 spiro atoms. The van der Waals surface area contributed by atoms with Crippen molar-refractivity contribution >= 4 is 17.9 Å². The maximum atomic E-state index is 12.9. The molecule has 1 atom stereocenters. The number of unbranched alkanes of at least 4 members (excludes halogenated alkanes) is 43. The Morgan fingerprint density at radius 2 is 0.494 bits per heavy atom. The monoisotopic (exact) mass is 1110 g/mol. The smallest absolute Gasteiger partial charge is 0.306 e. The van der Waals surface area contributed by atoms with Crippen LogP contribution in [0.15, 0.2) is 60.8 Å². The van der Waals surface area contributed by atoms with Gasteiger partial charge in [0.25, 0.3) is 0 Å². The first-order chi connectivity index (χ1) is 39.0. The molecular formula is C73H132O6. The van der Waals surface area contributed by atoms with Crippen molar-refractivity contribution in [2.75, 3.05) is 13.2 Å². The van der Waals surface area contributed by atoms with Crippen LogP contribution in [0.2, 0.25) is 0 Å². The van der Waals surface area contributed by atoms with Gasteiger partial charge in [0.15, 0.2) is 6.10 Å². The summed E-state index contributed by atoms with van der Waals surface area (Å²) in [6.45, 7) is 6.56. The van der Waals surface area contributed by atoms with Crippen LogP contribution in [-0.2, 0) is 28.6 Å². The third-order valence-electron chi connectivity index (χ3n) is 15.5. The molecule has 0 N–H and O–H groups in total. The molecule has 1 unspecified atom stereocenters. The van der Waals surface area contributed by atoms with Gasteiger partial charge in [-0.1, -0.05) is 326 Å². The summed E-state index contributed by atoms with van der Waals surface area (Å²) in [4.78, 5) is 38.4. The predicted molar refractivity (Wildman–Crippen MR) is 344 cm³/mol. The quantitative estimate of drug-likeness (QED) is 0.0261. The molecule has 460 valence electrons. The fourth-order valence-corrected chi connectivity index (χ4v) is 10.3. The molecule has 0 amide bonds. The van der Waals surface area contributed by atoms with E-state index in [2.05, 4.69) is 81.5 Å². The highest BCUT2D eigenvalue weighted by atomic mass is 16.6. The van der Waals surface area contributed by atoms with Gasteiger partial charge in [0.05, 0.1) is 0 Å². The second kappa shape index (κ2) is 67.6. The van der Waals surface area contributed by atoms with E-state index in [0.717, 1.165) is 89.9 Å². The first kappa shape index (κ1) is 76.1. The maximum absolute atomic E-state index is 12.9. The van der Waals surface area contributed by atoms with Gasteiger partial charge in [-0.3, -0.25) is 14.4 Å². The Morgan fingerprint density at radius 1 is 0.266 bits per heavy atom. The molecule has 0 bridgehead atoms. The molecular weight excluding hydrogens is 973 g/mol. The zero-order chi connectivity index (χ0) is 57.1. The molecule has 6 heteroatoms. The second-order valence-electron chi connectivity index (χ2n) is 23.4. The lowest BCUT2D eigenvalue weighted by Gasteiger charge is -2.18. The summed E-state index contributed by atoms with van der Waals surface area (Å²) in [5, 5.41) is 0. The van der Waals surface area contributed by atoms with Crippen LogP contribution in [0, 0.1) is 0 Å². The number of esters is 3. The minimum Gasteiger partial charge on any atom is -0.462 e. The van der Waals surface area contributed by atoms with E-state index in [9.17, 15) is 14.4 Å². The Bertz CT molecular complexity index is 1410. The van der Waals surface area contributed by atoms with Gasteiger partial charge < -0.3 is 14.2 Å². The zero-order valence-corrected chi connectivity index (χ0v) is 52.9. The van der Waals surface area contributed by atoms with Crippen molar-refractivity contribution in [1.82, 2.24) is 0 Å². The number of carbonyl (C=O) groups is 3. The van der Waals surface area contributed by atoms with Crippen LogP contribution in [0.3, 0.4) is 0 Å². The molecule has 0 rings (SSSR count). The van der Waals surface area contributed by atoms with Gasteiger partial charge in [-0.2, -0.15) is 0 Å². The molecule has 0 aromatic carbocycles. The van der Waals surface area contributed by atoms with E-state index in [1.807, 2.05) is 0 Å². The molecule has 0 aliphatic carbocycles. The zero-order valence-electron chi connectivity index (χ0n) is 52.9. The standard InChI is InChI=1S/C73H132O6/c1-4-7-10-13-16-19-22-25-27-29-31-33-35-36-37-38-39-41-42-44-46-48-51-54-57-60-63-66-72(75)78-69-70(68-77-71(74)65-62-59-56-53-50-24-21-18-15-12-9-6-3)79-73(76)67-64-61-58-55-52-49-47-45-43-40-34-32-30-28-26-23-20-17-14-11-8-5-2/h7,10,16,18-19,21,25,27,31,33,70H,4-6,8-9,11-15,17,20,22-24,26,28-30,32,34-69H2,1-3H3/b10-7-,19-16-,21-18-,27-25-,33-31-. The number of ether oxygens (including phenoxy) is 3. The summed E-state index contributed by atoms with van der Waals surface area (Å²) >= 11 is 0. The van der Waals surface area contributed by atoms with Crippen LogP contribution in [0.4, 0.5) is 0 Å². The minimum atomic E-state index is -0.776. The Labute approximate surface area is 491 Å². The van der Waals surface area contributed by atoms with Gasteiger partial charge in [0.2, 0.25) is 0 Å². The Morgan fingerprint density at radius 3 is 0.810 bits per heavy atom. The summed E-state index contributed by atoms with van der Waals surface area (Å²) in [7, 11) is 0. The SMILES string of the molecule is CC/C=C\C/C=C\C/C=C\C/C=C\CCCCCCCCCCCCCCCCC(=O)OCC(COC(=O)CCCCCCC/C=C\CCCCC)OC(=O)CCCCCCCCCCCCCCCCCCCCCCCC. The average molecular weight is 1110 g/mol. The normalized spacial score (nSPS) is 12.4. The summed E-state index contributed by atoms with van der Waals surface area (Å²) in [6.07, 6.45) is 86.8. The van der Waals surface area contributed by atoms with E-state index in [-0.39, 0.29) is 31.1 Å². The van der Waals surface area contributed by atoms with Crippen molar-refractivity contribution in [3.05, 3.63) is 60.8 Å². The lowest BCUT2D eigenvalue weighted by atomic mass is 10.0. The summed E-state index contributed by atoms with van der Waals surface area (Å²) in [5.74, 6) is -0.858. The van der Waals surface area contributed by atoms with Crippen LogP contribution in [-0.4, -0.2) is 37.2 Å². The first-order valence-electron chi connectivity index (χ1n) is 34.8. The van der Waals surface area contributed by atoms with E-state index in [1.54, 1.807) is 0 Å². The molecule has 0 radical (unpaired) electrons. The highest BCUT2D eigenvalue weighted by molar-refractivity contribution is 5.71. The molecule has 0 saturated heterocycles. The molecule has 6 nitrogen and oxygen atoms in total. The van der Waals surface area contributed by atoms with Gasteiger partial charge in [-0.25, -0.2) is 0 Å². The van der Waals surface area contributed by atoms with Crippen LogP contribution >= 0.6 is 0 Å². The summed E-state index contributed by atoms with van der Waals surface area (Å²) in [5.41, 5.74) is 0. The Balaban J connectivity index is 4.21. The molecule has 0 saturated carbocycles. The molecule has 0 aromatic rings. The van der Waals surface area contributed by atoms with E-state index >= 15 is 0 Å². The van der Waals surface area contributed by atoms with Gasteiger partial charge >= 0.3 is 17.9 Å². The summed E-state index contributed by atoms with van der Waals surface area (Å²) < 4.78 is 17.0. The van der Waals surface area contributed by atoms with Crippen LogP contribution in [0.5, 0.6) is 0 Å². The molecule has 0 aliphatic rings. The number of hydrogen-bond acceptors (Lipinski definition) is 6. The van der Waals surface area contributed by atoms with Gasteiger partial charge in [-0.05, 0) is 83.5 Å². The van der Waals surface area contributed by atoms with Crippen molar-refractivity contribution < 1.29 is 28.6 Å². The third-order valence-corrected chi connectivity index (χ3v) is 15.5. The third kappa shape index (κ3) is 65.8. The van der Waals surface area contributed by atoms with Gasteiger partial charge in [0, 0.05) is 19.3 Å². The van der Waals surface area contributed by atoms with Crippen LogP contribution in [0.1, 0.15) is 367 Å². The largest absolute Gasteiger partial charge is 0.462 e. The van der Waals surface area contributed by atoms with E-state index in [0.29, 0.717) is 19.3 Å². The van der Waals surface area contributed by atoms with Crippen molar-refractivity contribution in [3.8, 4) is 0 Å². The van der Waals surface area contributed by atoms with Gasteiger partial charge in [0.1, 0.15) is 13.2 Å². The first-order valence-corrected chi connectivity index (χ1v) is 34.8. The molecule has 0 heterocycles. The molecule has 0 aliphatic heterocycles. The average Bonchev–Trinajstić information content (AvgIpc) is 3.45. The molecule has 0 aromatic heterocycles. The number of rotatable bonds is 64. The number of hydrogen-bond donors (Lipinski definition) is 0. The van der Waals surface area contributed by atoms with Crippen LogP contribution in [0.25, 0.3) is 0 Å². The number of carbonyl (C=O) groups excluding carboxylic acids is 3. The molecule has 79 heavy (non-hydrogen) atoms. The minimum absolute atomic E-state index is 0.0725. The molecule has 0 fully saturated rings. The number of allylic oxidation sites excluding steroid dienone is 10. The highest BCUT2D eigenvalue weighted by Gasteiger charge is 2.19.